The Kier molecular flexibility index (Phi) is 5.48. The lowest BCUT2D eigenvalue weighted by Gasteiger charge is -2.23. The van der Waals surface area contributed by atoms with Gasteiger partial charge in [0.15, 0.2) is 0 Å². The van der Waals surface area contributed by atoms with Crippen LogP contribution < -0.4 is 15.0 Å². The molecule has 152 valence electrons. The molecule has 2 aromatic carbocycles. The standard InChI is InChI=1S/C21H24N4O3S/c1-15(26)23-16-9-11-17(12-10-16)29(27,28)24-22-14-13-20-21(2,3)18-7-5-6-8-19(18)25(20)4/h5-14,24H,1-4H3,(H,23,26). The summed E-state index contributed by atoms with van der Waals surface area (Å²) in [6.07, 6.45) is 3.26. The molecule has 1 aliphatic rings. The Morgan fingerprint density at radius 1 is 1.10 bits per heavy atom. The van der Waals surface area contributed by atoms with E-state index in [4.69, 9.17) is 0 Å². The van der Waals surface area contributed by atoms with E-state index in [1.54, 1.807) is 0 Å². The summed E-state index contributed by atoms with van der Waals surface area (Å²) in [5.41, 5.74) is 3.66. The number of carbonyl (C=O) groups is 1. The first kappa shape index (κ1) is 20.6. The van der Waals surface area contributed by atoms with Crippen LogP contribution in [-0.2, 0) is 20.2 Å². The zero-order valence-electron chi connectivity index (χ0n) is 16.8. The Balaban J connectivity index is 1.73. The van der Waals surface area contributed by atoms with Crippen molar-refractivity contribution in [1.82, 2.24) is 4.83 Å². The third kappa shape index (κ3) is 4.17. The second-order valence-corrected chi connectivity index (χ2v) is 8.99. The number of hydrazone groups is 1. The van der Waals surface area contributed by atoms with Gasteiger partial charge in [-0.1, -0.05) is 32.0 Å². The molecule has 8 heteroatoms. The molecule has 0 saturated heterocycles. The predicted octanol–water partition coefficient (Wildman–Crippen LogP) is 3.22. The molecular formula is C21H24N4O3S. The van der Waals surface area contributed by atoms with Gasteiger partial charge in [-0.3, -0.25) is 4.79 Å². The molecular weight excluding hydrogens is 388 g/mol. The van der Waals surface area contributed by atoms with Gasteiger partial charge in [-0.15, -0.1) is 0 Å². The fraction of sp³-hybridized carbons (Fsp3) is 0.238. The highest BCUT2D eigenvalue weighted by molar-refractivity contribution is 7.89. The van der Waals surface area contributed by atoms with Crippen molar-refractivity contribution in [1.29, 1.82) is 0 Å². The Hall–Kier alpha value is -3.13. The topological polar surface area (TPSA) is 90.9 Å². The number of para-hydroxylation sites is 1. The predicted molar refractivity (Wildman–Crippen MR) is 116 cm³/mol. The number of amides is 1. The third-order valence-corrected chi connectivity index (χ3v) is 6.14. The van der Waals surface area contributed by atoms with Gasteiger partial charge in [-0.25, -0.2) is 4.83 Å². The number of allylic oxidation sites excluding steroid dienone is 2. The highest BCUT2D eigenvalue weighted by Gasteiger charge is 2.37. The molecule has 29 heavy (non-hydrogen) atoms. The number of anilines is 2. The van der Waals surface area contributed by atoms with Gasteiger partial charge in [0, 0.05) is 42.7 Å². The number of rotatable bonds is 5. The van der Waals surface area contributed by atoms with Crippen LogP contribution in [0.25, 0.3) is 0 Å². The van der Waals surface area contributed by atoms with E-state index in [0.29, 0.717) is 5.69 Å². The third-order valence-electron chi connectivity index (χ3n) is 4.91. The average molecular weight is 413 g/mol. The van der Waals surface area contributed by atoms with Crippen LogP contribution in [0.1, 0.15) is 26.3 Å². The highest BCUT2D eigenvalue weighted by atomic mass is 32.2. The molecule has 1 heterocycles. The van der Waals surface area contributed by atoms with E-state index >= 15 is 0 Å². The monoisotopic (exact) mass is 412 g/mol. The number of nitrogens with one attached hydrogen (secondary N) is 2. The summed E-state index contributed by atoms with van der Waals surface area (Å²) in [6, 6.07) is 14.0. The van der Waals surface area contributed by atoms with Gasteiger partial charge in [0.2, 0.25) is 5.91 Å². The maximum atomic E-state index is 12.4. The molecule has 0 saturated carbocycles. The summed E-state index contributed by atoms with van der Waals surface area (Å²) in [4.78, 5) is 15.4. The van der Waals surface area contributed by atoms with Crippen LogP contribution in [0.4, 0.5) is 11.4 Å². The van der Waals surface area contributed by atoms with Gasteiger partial charge in [0.1, 0.15) is 0 Å². The zero-order chi connectivity index (χ0) is 21.2. The molecule has 2 aromatic rings. The fourth-order valence-electron chi connectivity index (χ4n) is 3.48. The van der Waals surface area contributed by atoms with Crippen molar-refractivity contribution in [3.05, 3.63) is 65.9 Å². The Bertz CT molecular complexity index is 1090. The van der Waals surface area contributed by atoms with E-state index in [-0.39, 0.29) is 16.2 Å². The minimum Gasteiger partial charge on any atom is -0.347 e. The zero-order valence-corrected chi connectivity index (χ0v) is 17.6. The second-order valence-electron chi connectivity index (χ2n) is 7.33. The molecule has 2 N–H and O–H groups in total. The van der Waals surface area contributed by atoms with Gasteiger partial charge in [-0.2, -0.15) is 13.5 Å². The van der Waals surface area contributed by atoms with E-state index in [1.807, 2.05) is 25.3 Å². The van der Waals surface area contributed by atoms with E-state index < -0.39 is 10.0 Å². The summed E-state index contributed by atoms with van der Waals surface area (Å²) in [7, 11) is -1.82. The number of likely N-dealkylation sites (N-methyl/N-ethyl adjacent to an activating group) is 1. The smallest absolute Gasteiger partial charge is 0.276 e. The summed E-state index contributed by atoms with van der Waals surface area (Å²) in [6.45, 7) is 5.63. The molecule has 0 spiro atoms. The molecule has 0 bridgehead atoms. The molecule has 3 rings (SSSR count). The van der Waals surface area contributed by atoms with Crippen LogP contribution in [0.2, 0.25) is 0 Å². The molecule has 0 radical (unpaired) electrons. The van der Waals surface area contributed by atoms with Crippen LogP contribution in [0.15, 0.2) is 70.3 Å². The molecule has 1 amide bonds. The molecule has 1 aliphatic heterocycles. The lowest BCUT2D eigenvalue weighted by Crippen LogP contribution is -2.23. The van der Waals surface area contributed by atoms with E-state index in [0.717, 1.165) is 11.4 Å². The van der Waals surface area contributed by atoms with E-state index in [2.05, 4.69) is 46.1 Å². The summed E-state index contributed by atoms with van der Waals surface area (Å²) in [5.74, 6) is -0.224. The van der Waals surface area contributed by atoms with Crippen molar-refractivity contribution in [2.45, 2.75) is 31.1 Å². The van der Waals surface area contributed by atoms with Crippen LogP contribution in [-0.4, -0.2) is 27.6 Å². The second kappa shape index (κ2) is 7.71. The van der Waals surface area contributed by atoms with Crippen molar-refractivity contribution in [3.63, 3.8) is 0 Å². The van der Waals surface area contributed by atoms with Crippen LogP contribution in [0.5, 0.6) is 0 Å². The minimum atomic E-state index is -3.80. The quantitative estimate of drug-likeness (QED) is 0.583. The van der Waals surface area contributed by atoms with Crippen molar-refractivity contribution in [2.24, 2.45) is 5.10 Å². The normalized spacial score (nSPS) is 16.8. The first-order valence-electron chi connectivity index (χ1n) is 9.09. The molecule has 0 fully saturated rings. The largest absolute Gasteiger partial charge is 0.347 e. The number of fused-ring (bicyclic) bond motifs is 1. The Morgan fingerprint density at radius 3 is 2.38 bits per heavy atom. The van der Waals surface area contributed by atoms with Gasteiger partial charge in [-0.05, 0) is 42.0 Å². The van der Waals surface area contributed by atoms with E-state index in [1.165, 1.54) is 43.0 Å². The number of nitrogens with zero attached hydrogens (tertiary/aromatic N) is 2. The van der Waals surface area contributed by atoms with Crippen molar-refractivity contribution < 1.29 is 13.2 Å². The van der Waals surface area contributed by atoms with Crippen molar-refractivity contribution in [2.75, 3.05) is 17.3 Å². The lowest BCUT2D eigenvalue weighted by molar-refractivity contribution is -0.114. The SMILES string of the molecule is CC(=O)Nc1ccc(S(=O)(=O)NN=CC=C2N(C)c3ccccc3C2(C)C)cc1. The number of hydrogen-bond acceptors (Lipinski definition) is 5. The summed E-state index contributed by atoms with van der Waals surface area (Å²) >= 11 is 0. The van der Waals surface area contributed by atoms with Crippen LogP contribution in [0.3, 0.4) is 0 Å². The highest BCUT2D eigenvalue weighted by Crippen LogP contribution is 2.46. The lowest BCUT2D eigenvalue weighted by atomic mass is 9.84. The fourth-order valence-corrected chi connectivity index (χ4v) is 4.28. The first-order valence-corrected chi connectivity index (χ1v) is 10.6. The Labute approximate surface area is 171 Å². The van der Waals surface area contributed by atoms with Crippen molar-refractivity contribution >= 4 is 33.5 Å². The maximum absolute atomic E-state index is 12.4. The molecule has 0 atom stereocenters. The van der Waals surface area contributed by atoms with Crippen molar-refractivity contribution in [3.8, 4) is 0 Å². The summed E-state index contributed by atoms with van der Waals surface area (Å²) < 4.78 is 24.8. The Morgan fingerprint density at radius 2 is 1.76 bits per heavy atom. The number of benzene rings is 2. The van der Waals surface area contributed by atoms with Gasteiger partial charge in [0.05, 0.1) is 4.90 Å². The van der Waals surface area contributed by atoms with Gasteiger partial charge < -0.3 is 10.2 Å². The number of carbonyl (C=O) groups excluding carboxylic acids is 1. The average Bonchev–Trinajstić information content (AvgIpc) is 2.85. The first-order chi connectivity index (χ1) is 13.6. The molecule has 0 unspecified atom stereocenters. The van der Waals surface area contributed by atoms with Crippen LogP contribution in [0, 0.1) is 0 Å². The molecule has 7 nitrogen and oxygen atoms in total. The molecule has 0 aromatic heterocycles. The molecule has 0 aliphatic carbocycles. The maximum Gasteiger partial charge on any atom is 0.276 e. The number of sulfonamides is 1. The summed E-state index contributed by atoms with van der Waals surface area (Å²) in [5, 5.41) is 6.47. The van der Waals surface area contributed by atoms with Gasteiger partial charge in [0.25, 0.3) is 10.0 Å². The number of hydrogen-bond donors (Lipinski definition) is 2. The van der Waals surface area contributed by atoms with Crippen LogP contribution >= 0.6 is 0 Å². The van der Waals surface area contributed by atoms with E-state index in [9.17, 15) is 13.2 Å². The minimum absolute atomic E-state index is 0.0575. The van der Waals surface area contributed by atoms with Gasteiger partial charge >= 0.3 is 0 Å².